The molecule has 8 nitrogen and oxygen atoms in total. The third-order valence-corrected chi connectivity index (χ3v) is 4.90. The number of hydrogen-bond donors (Lipinski definition) is 2. The molecule has 166 valence electrons. The van der Waals surface area contributed by atoms with Crippen LogP contribution in [0.1, 0.15) is 25.8 Å². The molecule has 0 saturated carbocycles. The molecule has 0 radical (unpaired) electrons. The molecule has 2 aromatic rings. The number of benzene rings is 2. The van der Waals surface area contributed by atoms with Crippen LogP contribution in [0.5, 0.6) is 17.2 Å². The first kappa shape index (κ1) is 22.3. The minimum atomic E-state index is -0.319. The second-order valence-corrected chi connectivity index (χ2v) is 7.08. The maximum atomic E-state index is 12.4. The Morgan fingerprint density at radius 1 is 1.06 bits per heavy atom. The molecule has 0 bridgehead atoms. The largest absolute Gasteiger partial charge is 0.494 e. The van der Waals surface area contributed by atoms with Gasteiger partial charge in [0, 0.05) is 25.2 Å². The van der Waals surface area contributed by atoms with Gasteiger partial charge in [-0.3, -0.25) is 4.79 Å². The number of methoxy groups -OCH3 is 1. The van der Waals surface area contributed by atoms with Crippen molar-refractivity contribution in [2.75, 3.05) is 31.8 Å². The molecule has 1 unspecified atom stereocenters. The van der Waals surface area contributed by atoms with E-state index in [9.17, 15) is 9.59 Å². The molecule has 1 saturated heterocycles. The zero-order chi connectivity index (χ0) is 22.2. The van der Waals surface area contributed by atoms with Gasteiger partial charge in [-0.25, -0.2) is 4.79 Å². The molecule has 1 aliphatic rings. The van der Waals surface area contributed by atoms with Crippen LogP contribution < -0.4 is 29.7 Å². The summed E-state index contributed by atoms with van der Waals surface area (Å²) < 4.78 is 16.3. The predicted octanol–water partition coefficient (Wildman–Crippen LogP) is 3.10. The van der Waals surface area contributed by atoms with E-state index in [2.05, 4.69) is 10.6 Å². The first-order valence-electron chi connectivity index (χ1n) is 10.4. The Bertz CT molecular complexity index is 901. The van der Waals surface area contributed by atoms with E-state index >= 15 is 0 Å². The normalized spacial score (nSPS) is 15.5. The highest BCUT2D eigenvalue weighted by Gasteiger charge is 2.31. The maximum Gasteiger partial charge on any atom is 0.315 e. The van der Waals surface area contributed by atoms with Crippen LogP contribution in [0.2, 0.25) is 0 Å². The molecule has 2 N–H and O–H groups in total. The highest BCUT2D eigenvalue weighted by atomic mass is 16.5. The van der Waals surface area contributed by atoms with Gasteiger partial charge in [0.25, 0.3) is 0 Å². The number of carbonyl (C=O) groups is 2. The van der Waals surface area contributed by atoms with Gasteiger partial charge in [-0.2, -0.15) is 0 Å². The number of nitrogens with one attached hydrogen (secondary N) is 2. The number of carbonyl (C=O) groups excluding carboxylic acids is 2. The second kappa shape index (κ2) is 10.6. The number of rotatable bonds is 9. The molecule has 0 aromatic heterocycles. The molecule has 31 heavy (non-hydrogen) atoms. The van der Waals surface area contributed by atoms with Gasteiger partial charge in [0.2, 0.25) is 5.91 Å². The molecular weight excluding hydrogens is 398 g/mol. The molecule has 0 spiro atoms. The van der Waals surface area contributed by atoms with Crippen LogP contribution in [0.15, 0.2) is 42.5 Å². The first-order chi connectivity index (χ1) is 15.0. The van der Waals surface area contributed by atoms with Crippen LogP contribution >= 0.6 is 0 Å². The van der Waals surface area contributed by atoms with E-state index in [-0.39, 0.29) is 24.4 Å². The Kier molecular flexibility index (Phi) is 7.59. The van der Waals surface area contributed by atoms with E-state index in [1.807, 2.05) is 56.3 Å². The van der Waals surface area contributed by atoms with E-state index in [1.54, 1.807) is 12.0 Å². The van der Waals surface area contributed by atoms with Crippen molar-refractivity contribution < 1.29 is 23.8 Å². The van der Waals surface area contributed by atoms with Gasteiger partial charge in [0.15, 0.2) is 11.5 Å². The molecular formula is C23H29N3O5. The summed E-state index contributed by atoms with van der Waals surface area (Å²) in [5, 5.41) is 5.71. The Hall–Kier alpha value is -3.42. The third kappa shape index (κ3) is 5.81. The summed E-state index contributed by atoms with van der Waals surface area (Å²) in [6.45, 7) is 5.69. The van der Waals surface area contributed by atoms with Crippen molar-refractivity contribution in [1.82, 2.24) is 10.6 Å². The fourth-order valence-corrected chi connectivity index (χ4v) is 3.46. The van der Waals surface area contributed by atoms with Crippen molar-refractivity contribution in [3.63, 3.8) is 0 Å². The lowest BCUT2D eigenvalue weighted by Crippen LogP contribution is -2.43. The zero-order valence-electron chi connectivity index (χ0n) is 18.1. The van der Waals surface area contributed by atoms with Gasteiger partial charge >= 0.3 is 6.03 Å². The molecule has 2 aromatic carbocycles. The van der Waals surface area contributed by atoms with Crippen molar-refractivity contribution in [2.45, 2.75) is 32.9 Å². The molecule has 1 atom stereocenters. The van der Waals surface area contributed by atoms with Crippen molar-refractivity contribution in [3.8, 4) is 17.2 Å². The van der Waals surface area contributed by atoms with Crippen LogP contribution in [0, 0.1) is 0 Å². The molecule has 1 fully saturated rings. The fourth-order valence-electron chi connectivity index (χ4n) is 3.46. The number of nitrogens with zero attached hydrogens (tertiary/aromatic N) is 1. The number of anilines is 1. The van der Waals surface area contributed by atoms with Crippen LogP contribution in [0.4, 0.5) is 10.5 Å². The maximum absolute atomic E-state index is 12.4. The number of urea groups is 1. The van der Waals surface area contributed by atoms with E-state index in [1.165, 1.54) is 0 Å². The van der Waals surface area contributed by atoms with Crippen LogP contribution in [0.25, 0.3) is 0 Å². The molecule has 1 aliphatic heterocycles. The monoisotopic (exact) mass is 427 g/mol. The fraction of sp³-hybridized carbons (Fsp3) is 0.391. The van der Waals surface area contributed by atoms with Gasteiger partial charge < -0.3 is 29.7 Å². The summed E-state index contributed by atoms with van der Waals surface area (Å²) in [5.74, 6) is 2.02. The van der Waals surface area contributed by atoms with E-state index in [0.29, 0.717) is 37.8 Å². The second-order valence-electron chi connectivity index (χ2n) is 7.08. The van der Waals surface area contributed by atoms with Gasteiger partial charge in [-0.1, -0.05) is 6.07 Å². The standard InChI is InChI=1S/C23H29N3O5/c1-4-30-19-9-7-18(8-10-19)26-15-17(13-22(26)27)25-23(28)24-14-16-6-11-20(29-3)21(12-16)31-5-2/h6-12,17H,4-5,13-15H2,1-3H3,(H2,24,25,28). The molecule has 0 aliphatic carbocycles. The lowest BCUT2D eigenvalue weighted by atomic mass is 10.2. The van der Waals surface area contributed by atoms with Crippen molar-refractivity contribution in [1.29, 1.82) is 0 Å². The Labute approximate surface area is 182 Å². The van der Waals surface area contributed by atoms with Crippen molar-refractivity contribution >= 4 is 17.6 Å². The van der Waals surface area contributed by atoms with E-state index < -0.39 is 0 Å². The quantitative estimate of drug-likeness (QED) is 0.642. The predicted molar refractivity (Wildman–Crippen MR) is 118 cm³/mol. The first-order valence-corrected chi connectivity index (χ1v) is 10.4. The summed E-state index contributed by atoms with van der Waals surface area (Å²) in [6, 6.07) is 12.3. The average Bonchev–Trinajstić information content (AvgIpc) is 3.13. The average molecular weight is 428 g/mol. The lowest BCUT2D eigenvalue weighted by molar-refractivity contribution is -0.117. The summed E-state index contributed by atoms with van der Waals surface area (Å²) >= 11 is 0. The lowest BCUT2D eigenvalue weighted by Gasteiger charge is -2.18. The summed E-state index contributed by atoms with van der Waals surface area (Å²) in [7, 11) is 1.59. The highest BCUT2D eigenvalue weighted by Crippen LogP contribution is 2.28. The Morgan fingerprint density at radius 2 is 1.81 bits per heavy atom. The number of amides is 3. The van der Waals surface area contributed by atoms with E-state index in [4.69, 9.17) is 14.2 Å². The molecule has 8 heteroatoms. The van der Waals surface area contributed by atoms with Crippen LogP contribution in [0.3, 0.4) is 0 Å². The van der Waals surface area contributed by atoms with Gasteiger partial charge in [0.05, 0.1) is 26.4 Å². The molecule has 1 heterocycles. The minimum Gasteiger partial charge on any atom is -0.494 e. The number of ether oxygens (including phenoxy) is 3. The Balaban J connectivity index is 1.52. The van der Waals surface area contributed by atoms with Gasteiger partial charge in [0.1, 0.15) is 5.75 Å². The van der Waals surface area contributed by atoms with Crippen LogP contribution in [-0.2, 0) is 11.3 Å². The van der Waals surface area contributed by atoms with Crippen molar-refractivity contribution in [3.05, 3.63) is 48.0 Å². The highest BCUT2D eigenvalue weighted by molar-refractivity contribution is 5.96. The number of hydrogen-bond acceptors (Lipinski definition) is 5. The summed E-state index contributed by atoms with van der Waals surface area (Å²) in [6.07, 6.45) is 0.262. The zero-order valence-corrected chi connectivity index (χ0v) is 18.1. The van der Waals surface area contributed by atoms with E-state index in [0.717, 1.165) is 17.0 Å². The summed E-state index contributed by atoms with van der Waals surface area (Å²) in [5.41, 5.74) is 1.68. The van der Waals surface area contributed by atoms with Gasteiger partial charge in [-0.15, -0.1) is 0 Å². The van der Waals surface area contributed by atoms with Crippen LogP contribution in [-0.4, -0.2) is 44.8 Å². The third-order valence-electron chi connectivity index (χ3n) is 4.90. The molecule has 3 amide bonds. The summed E-state index contributed by atoms with van der Waals surface area (Å²) in [4.78, 5) is 26.4. The topological polar surface area (TPSA) is 89.1 Å². The molecule has 3 rings (SSSR count). The minimum absolute atomic E-state index is 0.0222. The Morgan fingerprint density at radius 3 is 2.48 bits per heavy atom. The van der Waals surface area contributed by atoms with Crippen molar-refractivity contribution in [2.24, 2.45) is 0 Å². The SMILES string of the molecule is CCOc1ccc(N2CC(NC(=O)NCc3ccc(OC)c(OCC)c3)CC2=O)cc1. The van der Waals surface area contributed by atoms with Gasteiger partial charge in [-0.05, 0) is 55.8 Å². The smallest absolute Gasteiger partial charge is 0.315 e.